The van der Waals surface area contributed by atoms with Gasteiger partial charge in [0, 0.05) is 55.6 Å². The largest absolute Gasteiger partial charge is 0.494 e. The van der Waals surface area contributed by atoms with Gasteiger partial charge in [-0.1, -0.05) is 38.2 Å². The van der Waals surface area contributed by atoms with E-state index >= 15 is 0 Å². The molecule has 3 aromatic heterocycles. The second-order valence-electron chi connectivity index (χ2n) is 15.5. The lowest BCUT2D eigenvalue weighted by atomic mass is 10.1. The quantitative estimate of drug-likeness (QED) is 0.0464. The fraction of sp³-hybridized carbons (Fsp3) is 0.404. The molecule has 9 N–H and O–H groups in total. The van der Waals surface area contributed by atoms with Crippen LogP contribution in [0.15, 0.2) is 71.4 Å². The lowest BCUT2D eigenvalue weighted by molar-refractivity contribution is -0.110. The van der Waals surface area contributed by atoms with Gasteiger partial charge in [0.15, 0.2) is 0 Å². The van der Waals surface area contributed by atoms with Crippen molar-refractivity contribution in [3.8, 4) is 11.5 Å². The zero-order valence-electron chi connectivity index (χ0n) is 39.7. The van der Waals surface area contributed by atoms with Gasteiger partial charge in [0.1, 0.15) is 40.5 Å². The summed E-state index contributed by atoms with van der Waals surface area (Å²) in [6.07, 6.45) is 11.3. The molecule has 4 amide bonds. The zero-order valence-corrected chi connectivity index (χ0v) is 39.7. The number of likely N-dealkylation sites (tertiary alicyclic amines) is 1. The van der Waals surface area contributed by atoms with Crippen molar-refractivity contribution < 1.29 is 28.7 Å². The third-order valence-electron chi connectivity index (χ3n) is 10.8. The number of imidazole rings is 2. The van der Waals surface area contributed by atoms with Gasteiger partial charge in [-0.3, -0.25) is 44.4 Å². The van der Waals surface area contributed by atoms with E-state index in [4.69, 9.17) is 36.6 Å². The smallest absolute Gasteiger partial charge is 0.276 e. The van der Waals surface area contributed by atoms with Crippen LogP contribution in [0.3, 0.4) is 0 Å². The van der Waals surface area contributed by atoms with Crippen molar-refractivity contribution >= 4 is 63.3 Å². The number of carbonyl (C=O) groups excluding carboxylic acids is 4. The highest BCUT2D eigenvalue weighted by molar-refractivity contribution is 6.47. The average Bonchev–Trinajstić information content (AvgIpc) is 3.99. The number of hydrogen-bond acceptors (Lipinski definition) is 13. The molecule has 67 heavy (non-hydrogen) atoms. The topological polar surface area (TPSA) is 270 Å². The summed E-state index contributed by atoms with van der Waals surface area (Å²) in [5, 5.41) is 13.6. The standard InChI is InChI=1S/C45H58N14O6.C2H6/c1-7-50-34(21-27(3)46)42(62)53-44-52-33-24-30(41(48)61)26-37(65-20-12-11-15-56-18-13-31(49-5)14-19-56)39(33)58(44)17-10-9-16-57-38-32(23-29(40(47)60)25-36(38)64-6)51-45(57)54-43(63)35-22-28(4)55-59(35)8-2;1-2/h9-12,21-26,31,49H,7-8,13-20,46H2,1-6H3,(H2,47,60)(H2,48,61)(H,51,54,63)(H,52,53,62);1-2H3/b10-9+,12-11+,27-21-,50-34?;. The molecule has 20 nitrogen and oxygen atoms in total. The summed E-state index contributed by atoms with van der Waals surface area (Å²) in [7, 11) is 3.46. The number of aryl methyl sites for hydroxylation is 2. The second kappa shape index (κ2) is 23.7. The van der Waals surface area contributed by atoms with Crippen molar-refractivity contribution in [2.24, 2.45) is 22.2 Å². The molecule has 1 fully saturated rings. The lowest BCUT2D eigenvalue weighted by Gasteiger charge is -2.30. The first kappa shape index (κ1) is 50.7. The Morgan fingerprint density at radius 3 is 1.93 bits per heavy atom. The van der Waals surface area contributed by atoms with Crippen molar-refractivity contribution in [1.82, 2.24) is 39.1 Å². The molecule has 1 aliphatic heterocycles. The summed E-state index contributed by atoms with van der Waals surface area (Å²) in [5.41, 5.74) is 20.9. The van der Waals surface area contributed by atoms with Crippen LogP contribution in [0, 0.1) is 6.92 Å². The first-order valence-corrected chi connectivity index (χ1v) is 22.4. The number of methoxy groups -OCH3 is 1. The van der Waals surface area contributed by atoms with Crippen LogP contribution in [0.25, 0.3) is 22.1 Å². The molecule has 2 aromatic carbocycles. The number of allylic oxidation sites excluding steroid dienone is 3. The Bertz CT molecular complexity index is 2690. The Labute approximate surface area is 390 Å². The molecule has 0 atom stereocenters. The number of primary amides is 2. The maximum atomic E-state index is 13.7. The van der Waals surface area contributed by atoms with E-state index in [1.807, 2.05) is 46.0 Å². The van der Waals surface area contributed by atoms with Crippen molar-refractivity contribution in [3.05, 3.63) is 88.9 Å². The molecule has 6 rings (SSSR count). The van der Waals surface area contributed by atoms with Crippen LogP contribution < -0.4 is 42.6 Å². The van der Waals surface area contributed by atoms with Gasteiger partial charge in [0.2, 0.25) is 23.7 Å². The summed E-state index contributed by atoms with van der Waals surface area (Å²) < 4.78 is 17.1. The minimum atomic E-state index is -0.679. The summed E-state index contributed by atoms with van der Waals surface area (Å²) in [6, 6.07) is 8.37. The molecule has 0 aliphatic carbocycles. The molecule has 0 radical (unpaired) electrons. The summed E-state index contributed by atoms with van der Waals surface area (Å²) in [6.45, 7) is 15.2. The Morgan fingerprint density at radius 2 is 1.39 bits per heavy atom. The first-order valence-electron chi connectivity index (χ1n) is 22.4. The molecule has 0 spiro atoms. The van der Waals surface area contributed by atoms with Crippen LogP contribution in [0.5, 0.6) is 11.5 Å². The number of benzene rings is 2. The number of aromatic nitrogens is 6. The van der Waals surface area contributed by atoms with Crippen LogP contribution in [0.2, 0.25) is 0 Å². The van der Waals surface area contributed by atoms with Gasteiger partial charge in [0.05, 0.1) is 23.8 Å². The monoisotopic (exact) mass is 921 g/mol. The molecule has 5 aromatic rings. The Morgan fingerprint density at radius 1 is 0.821 bits per heavy atom. The SMILES string of the molecule is CC.CCN=C(/C=C(/C)N)C(=O)Nc1nc2cc(C(N)=O)cc(OC/C=C/CN3CCC(NC)CC3)c2n1C/C=C/Cn1c(NC(=O)c2cc(C)nn2CC)nc2cc(C(N)=O)cc(OC)c21. The van der Waals surface area contributed by atoms with Gasteiger partial charge in [-0.05, 0) is 97.1 Å². The molecule has 358 valence electrons. The molecule has 0 bridgehead atoms. The summed E-state index contributed by atoms with van der Waals surface area (Å²) in [4.78, 5) is 68.4. The number of carbonyl (C=O) groups is 4. The van der Waals surface area contributed by atoms with Gasteiger partial charge in [-0.25, -0.2) is 9.97 Å². The van der Waals surface area contributed by atoms with Crippen molar-refractivity contribution in [2.75, 3.05) is 57.6 Å². The van der Waals surface area contributed by atoms with Gasteiger partial charge in [0.25, 0.3) is 11.8 Å². The van der Waals surface area contributed by atoms with Crippen LogP contribution in [0.4, 0.5) is 11.9 Å². The maximum Gasteiger partial charge on any atom is 0.276 e. The van der Waals surface area contributed by atoms with Crippen molar-refractivity contribution in [1.29, 1.82) is 0 Å². The number of ether oxygens (including phenoxy) is 2. The van der Waals surface area contributed by atoms with E-state index in [-0.39, 0.29) is 48.4 Å². The lowest BCUT2D eigenvalue weighted by Crippen LogP contribution is -2.41. The highest BCUT2D eigenvalue weighted by Crippen LogP contribution is 2.33. The first-order chi connectivity index (χ1) is 32.2. The maximum absolute atomic E-state index is 13.7. The van der Waals surface area contributed by atoms with Gasteiger partial charge in [-0.15, -0.1) is 0 Å². The fourth-order valence-corrected chi connectivity index (χ4v) is 7.62. The van der Waals surface area contributed by atoms with E-state index in [1.165, 1.54) is 25.3 Å². The van der Waals surface area contributed by atoms with Gasteiger partial charge >= 0.3 is 0 Å². The average molecular weight is 921 g/mol. The molecule has 4 heterocycles. The molecular formula is C47H64N14O6. The highest BCUT2D eigenvalue weighted by atomic mass is 16.5. The number of nitrogens with zero attached hydrogens (tertiary/aromatic N) is 8. The molecule has 1 aliphatic rings. The van der Waals surface area contributed by atoms with Crippen LogP contribution in [0.1, 0.15) is 84.4 Å². The molecule has 20 heteroatoms. The number of amides is 4. The number of piperidine rings is 1. The normalized spacial score (nSPS) is 13.9. The van der Waals surface area contributed by atoms with Crippen LogP contribution >= 0.6 is 0 Å². The number of fused-ring (bicyclic) bond motifs is 2. The predicted molar refractivity (Wildman–Crippen MR) is 262 cm³/mol. The van der Waals surface area contributed by atoms with E-state index in [0.29, 0.717) is 69.8 Å². The van der Waals surface area contributed by atoms with Gasteiger partial charge < -0.3 is 41.1 Å². The number of nitrogens with two attached hydrogens (primary N) is 3. The van der Waals surface area contributed by atoms with E-state index in [9.17, 15) is 19.2 Å². The minimum absolute atomic E-state index is 0.100. The molecule has 0 unspecified atom stereocenters. The summed E-state index contributed by atoms with van der Waals surface area (Å²) >= 11 is 0. The fourth-order valence-electron chi connectivity index (χ4n) is 7.62. The number of rotatable bonds is 20. The number of anilines is 2. The van der Waals surface area contributed by atoms with E-state index in [0.717, 1.165) is 32.5 Å². The number of nitrogens with one attached hydrogen (secondary N) is 3. The third-order valence-corrected chi connectivity index (χ3v) is 10.8. The zero-order chi connectivity index (χ0) is 48.8. The third kappa shape index (κ3) is 12.5. The van der Waals surface area contributed by atoms with Crippen LogP contribution in [-0.2, 0) is 24.4 Å². The van der Waals surface area contributed by atoms with Gasteiger partial charge in [-0.2, -0.15) is 5.10 Å². The molecular weight excluding hydrogens is 857 g/mol. The minimum Gasteiger partial charge on any atom is -0.494 e. The second-order valence-corrected chi connectivity index (χ2v) is 15.5. The summed E-state index contributed by atoms with van der Waals surface area (Å²) in [5.74, 6) is -1.41. The Balaban J connectivity index is 0.00000414. The Hall–Kier alpha value is -7.32. The highest BCUT2D eigenvalue weighted by Gasteiger charge is 2.23. The van der Waals surface area contributed by atoms with E-state index in [2.05, 4.69) is 37.0 Å². The number of aliphatic imine (C=N–C) groups is 1. The predicted octanol–water partition coefficient (Wildman–Crippen LogP) is 4.53. The molecule has 1 saturated heterocycles. The van der Waals surface area contributed by atoms with E-state index in [1.54, 1.807) is 52.8 Å². The van der Waals surface area contributed by atoms with E-state index < -0.39 is 23.6 Å². The van der Waals surface area contributed by atoms with Crippen molar-refractivity contribution in [2.45, 2.75) is 80.1 Å². The van der Waals surface area contributed by atoms with Crippen LogP contribution in [-0.4, -0.2) is 116 Å². The van der Waals surface area contributed by atoms with Crippen molar-refractivity contribution in [3.63, 3.8) is 0 Å². The number of hydrogen-bond donors (Lipinski definition) is 6. The molecule has 0 saturated carbocycles. The Kier molecular flexibility index (Phi) is 18.0.